The second-order valence-corrected chi connectivity index (χ2v) is 4.89. The number of hydrogen-bond acceptors (Lipinski definition) is 2. The van der Waals surface area contributed by atoms with Crippen molar-refractivity contribution in [3.8, 4) is 0 Å². The van der Waals surface area contributed by atoms with E-state index < -0.39 is 0 Å². The van der Waals surface area contributed by atoms with Crippen molar-refractivity contribution in [3.63, 3.8) is 0 Å². The van der Waals surface area contributed by atoms with Crippen molar-refractivity contribution < 1.29 is 9.18 Å². The molecule has 0 radical (unpaired) electrons. The highest BCUT2D eigenvalue weighted by atomic mass is 19.1. The summed E-state index contributed by atoms with van der Waals surface area (Å²) in [6, 6.07) is 11.8. The fourth-order valence-electron chi connectivity index (χ4n) is 2.07. The van der Waals surface area contributed by atoms with Gasteiger partial charge in [-0.3, -0.25) is 4.79 Å². The van der Waals surface area contributed by atoms with Crippen LogP contribution in [0.3, 0.4) is 0 Å². The molecule has 0 fully saturated rings. The number of nitrogens with one attached hydrogen (secondary N) is 2. The first-order valence-corrected chi connectivity index (χ1v) is 6.97. The first-order chi connectivity index (χ1) is 10.1. The molecule has 1 amide bonds. The van der Waals surface area contributed by atoms with Crippen LogP contribution in [0.4, 0.5) is 10.1 Å². The maximum Gasteiger partial charge on any atom is 0.253 e. The van der Waals surface area contributed by atoms with Crippen LogP contribution in [0.1, 0.15) is 28.4 Å². The van der Waals surface area contributed by atoms with Gasteiger partial charge in [0.05, 0.1) is 5.56 Å². The van der Waals surface area contributed by atoms with Gasteiger partial charge >= 0.3 is 0 Å². The van der Waals surface area contributed by atoms with E-state index in [1.54, 1.807) is 12.1 Å². The van der Waals surface area contributed by atoms with E-state index >= 15 is 0 Å². The van der Waals surface area contributed by atoms with Gasteiger partial charge in [-0.15, -0.1) is 0 Å². The van der Waals surface area contributed by atoms with Gasteiger partial charge < -0.3 is 10.6 Å². The molecule has 21 heavy (non-hydrogen) atoms. The Kier molecular flexibility index (Phi) is 4.93. The molecule has 2 aromatic carbocycles. The van der Waals surface area contributed by atoms with Crippen LogP contribution in [0.5, 0.6) is 0 Å². The van der Waals surface area contributed by atoms with E-state index in [0.717, 1.165) is 23.4 Å². The Morgan fingerprint density at radius 3 is 2.52 bits per heavy atom. The summed E-state index contributed by atoms with van der Waals surface area (Å²) in [6.45, 7) is 5.10. The second kappa shape index (κ2) is 6.88. The average Bonchev–Trinajstić information content (AvgIpc) is 2.47. The van der Waals surface area contributed by atoms with Crippen molar-refractivity contribution >= 4 is 11.6 Å². The van der Waals surface area contributed by atoms with Crippen molar-refractivity contribution in [2.75, 3.05) is 11.9 Å². The van der Waals surface area contributed by atoms with Crippen molar-refractivity contribution in [2.24, 2.45) is 0 Å². The molecular weight excluding hydrogens is 267 g/mol. The van der Waals surface area contributed by atoms with Gasteiger partial charge in [0.15, 0.2) is 0 Å². The Hall–Kier alpha value is -2.36. The highest BCUT2D eigenvalue weighted by Crippen LogP contribution is 2.17. The summed E-state index contributed by atoms with van der Waals surface area (Å²) in [5.41, 5.74) is 3.40. The summed E-state index contributed by atoms with van der Waals surface area (Å²) in [4.78, 5) is 12.3. The molecule has 4 heteroatoms. The van der Waals surface area contributed by atoms with Crippen LogP contribution >= 0.6 is 0 Å². The Bertz CT molecular complexity index is 623. The lowest BCUT2D eigenvalue weighted by molar-refractivity contribution is 0.0951. The maximum absolute atomic E-state index is 12.8. The van der Waals surface area contributed by atoms with Crippen LogP contribution in [-0.2, 0) is 6.54 Å². The van der Waals surface area contributed by atoms with E-state index in [9.17, 15) is 9.18 Å². The minimum Gasteiger partial charge on any atom is -0.385 e. The number of rotatable bonds is 5. The first kappa shape index (κ1) is 15.0. The first-order valence-electron chi connectivity index (χ1n) is 6.97. The number of anilines is 1. The third-order valence-electron chi connectivity index (χ3n) is 3.15. The van der Waals surface area contributed by atoms with E-state index in [4.69, 9.17) is 0 Å². The summed E-state index contributed by atoms with van der Waals surface area (Å²) in [5, 5.41) is 6.04. The zero-order chi connectivity index (χ0) is 15.2. The summed E-state index contributed by atoms with van der Waals surface area (Å²) in [7, 11) is 0. The van der Waals surface area contributed by atoms with Crippen molar-refractivity contribution in [1.29, 1.82) is 0 Å². The molecule has 0 aliphatic rings. The van der Waals surface area contributed by atoms with Crippen molar-refractivity contribution in [3.05, 3.63) is 65.0 Å². The number of halogens is 1. The third kappa shape index (κ3) is 4.05. The third-order valence-corrected chi connectivity index (χ3v) is 3.15. The summed E-state index contributed by atoms with van der Waals surface area (Å²) < 4.78 is 12.8. The van der Waals surface area contributed by atoms with Crippen LogP contribution in [0.2, 0.25) is 0 Å². The van der Waals surface area contributed by atoms with E-state index in [2.05, 4.69) is 10.6 Å². The molecule has 0 aromatic heterocycles. The molecule has 0 bridgehead atoms. The lowest BCUT2D eigenvalue weighted by Gasteiger charge is -2.12. The van der Waals surface area contributed by atoms with E-state index in [1.165, 1.54) is 12.1 Å². The standard InChI is InChI=1S/C17H19FN2O/c1-3-19-16-10-12(2)4-9-15(16)17(21)20-11-13-5-7-14(18)8-6-13/h4-10,19H,3,11H2,1-2H3,(H,20,21). The molecule has 0 spiro atoms. The number of amides is 1. The molecule has 0 aliphatic carbocycles. The topological polar surface area (TPSA) is 41.1 Å². The fraction of sp³-hybridized carbons (Fsp3) is 0.235. The Balaban J connectivity index is 2.07. The predicted octanol–water partition coefficient (Wildman–Crippen LogP) is 3.50. The quantitative estimate of drug-likeness (QED) is 0.883. The van der Waals surface area contributed by atoms with Crippen LogP contribution < -0.4 is 10.6 Å². The van der Waals surface area contributed by atoms with Gasteiger partial charge in [0.2, 0.25) is 0 Å². The summed E-state index contributed by atoms with van der Waals surface area (Å²) in [5.74, 6) is -0.423. The summed E-state index contributed by atoms with van der Waals surface area (Å²) in [6.07, 6.45) is 0. The molecule has 0 heterocycles. The molecule has 2 N–H and O–H groups in total. The average molecular weight is 286 g/mol. The van der Waals surface area contributed by atoms with Gasteiger partial charge in [0, 0.05) is 18.8 Å². The monoisotopic (exact) mass is 286 g/mol. The molecule has 0 atom stereocenters. The predicted molar refractivity (Wildman–Crippen MR) is 82.9 cm³/mol. The molecule has 0 aliphatic heterocycles. The highest BCUT2D eigenvalue weighted by molar-refractivity contribution is 5.99. The van der Waals surface area contributed by atoms with Gasteiger partial charge in [-0.1, -0.05) is 18.2 Å². The molecule has 0 unspecified atom stereocenters. The minimum atomic E-state index is -0.280. The fourth-order valence-corrected chi connectivity index (χ4v) is 2.07. The molecule has 2 rings (SSSR count). The van der Waals surface area contributed by atoms with Crippen molar-refractivity contribution in [2.45, 2.75) is 20.4 Å². The van der Waals surface area contributed by atoms with Gasteiger partial charge in [0.1, 0.15) is 5.82 Å². The smallest absolute Gasteiger partial charge is 0.253 e. The zero-order valence-electron chi connectivity index (χ0n) is 12.2. The van der Waals surface area contributed by atoms with Crippen molar-refractivity contribution in [1.82, 2.24) is 5.32 Å². The molecule has 0 saturated heterocycles. The van der Waals surface area contributed by atoms with Crippen LogP contribution in [0, 0.1) is 12.7 Å². The number of hydrogen-bond donors (Lipinski definition) is 2. The van der Waals surface area contributed by atoms with Gasteiger partial charge in [0.25, 0.3) is 5.91 Å². The summed E-state index contributed by atoms with van der Waals surface area (Å²) >= 11 is 0. The van der Waals surface area contributed by atoms with Gasteiger partial charge in [-0.2, -0.15) is 0 Å². The Morgan fingerprint density at radius 2 is 1.86 bits per heavy atom. The number of aryl methyl sites for hydroxylation is 1. The minimum absolute atomic E-state index is 0.143. The SMILES string of the molecule is CCNc1cc(C)ccc1C(=O)NCc1ccc(F)cc1. The lowest BCUT2D eigenvalue weighted by atomic mass is 10.1. The molecule has 110 valence electrons. The largest absolute Gasteiger partial charge is 0.385 e. The van der Waals surface area contributed by atoms with Gasteiger partial charge in [-0.05, 0) is 49.2 Å². The lowest BCUT2D eigenvalue weighted by Crippen LogP contribution is -2.24. The molecule has 2 aromatic rings. The maximum atomic E-state index is 12.8. The zero-order valence-corrected chi connectivity index (χ0v) is 12.2. The highest BCUT2D eigenvalue weighted by Gasteiger charge is 2.10. The molecular formula is C17H19FN2O. The van der Waals surface area contributed by atoms with Crippen LogP contribution in [0.15, 0.2) is 42.5 Å². The number of carbonyl (C=O) groups is 1. The number of benzene rings is 2. The normalized spacial score (nSPS) is 10.2. The van der Waals surface area contributed by atoms with Crippen LogP contribution in [-0.4, -0.2) is 12.5 Å². The second-order valence-electron chi connectivity index (χ2n) is 4.89. The number of carbonyl (C=O) groups excluding carboxylic acids is 1. The Labute approximate surface area is 124 Å². The van der Waals surface area contributed by atoms with Crippen LogP contribution in [0.25, 0.3) is 0 Å². The molecule has 3 nitrogen and oxygen atoms in total. The van der Waals surface area contributed by atoms with Gasteiger partial charge in [-0.25, -0.2) is 4.39 Å². The van der Waals surface area contributed by atoms with E-state index in [1.807, 2.05) is 32.0 Å². The van der Waals surface area contributed by atoms with E-state index in [-0.39, 0.29) is 11.7 Å². The van der Waals surface area contributed by atoms with E-state index in [0.29, 0.717) is 12.1 Å². The Morgan fingerprint density at radius 1 is 1.14 bits per heavy atom. The molecule has 0 saturated carbocycles.